The Morgan fingerprint density at radius 2 is 2.11 bits per heavy atom. The lowest BCUT2D eigenvalue weighted by molar-refractivity contribution is 0.0390. The average Bonchev–Trinajstić information content (AvgIpc) is 3.32. The van der Waals surface area contributed by atoms with Gasteiger partial charge >= 0.3 is 0 Å². The number of aryl methyl sites for hydroxylation is 2. The van der Waals surface area contributed by atoms with E-state index < -0.39 is 0 Å². The monoisotopic (exact) mass is 386 g/mol. The van der Waals surface area contributed by atoms with Crippen molar-refractivity contribution in [2.24, 2.45) is 0 Å². The Morgan fingerprint density at radius 3 is 2.85 bits per heavy atom. The second-order valence-electron chi connectivity index (χ2n) is 6.71. The first-order valence-corrected chi connectivity index (χ1v) is 9.84. The molecule has 7 nitrogen and oxygen atoms in total. The van der Waals surface area contributed by atoms with E-state index in [2.05, 4.69) is 36.0 Å². The zero-order valence-electron chi connectivity index (χ0n) is 15.5. The number of ether oxygens (including phenoxy) is 1. The van der Waals surface area contributed by atoms with E-state index in [0.29, 0.717) is 11.7 Å². The minimum absolute atomic E-state index is 0.214. The molecule has 1 fully saturated rings. The number of carbonyl (C=O) groups is 1. The molecule has 0 unspecified atom stereocenters. The summed E-state index contributed by atoms with van der Waals surface area (Å²) in [5, 5.41) is 4.36. The SMILES string of the molecule is Cc1cc(C)c2nc(N(CCN3CCOCC3)C(=O)c3ccno3)sc2c1. The van der Waals surface area contributed by atoms with Gasteiger partial charge in [0.25, 0.3) is 5.91 Å². The van der Waals surface area contributed by atoms with E-state index in [9.17, 15) is 4.79 Å². The highest BCUT2D eigenvalue weighted by Gasteiger charge is 2.25. The summed E-state index contributed by atoms with van der Waals surface area (Å²) in [6.45, 7) is 8.64. The molecular formula is C19H22N4O3S. The third-order valence-electron chi connectivity index (χ3n) is 4.69. The summed E-state index contributed by atoms with van der Waals surface area (Å²) in [4.78, 5) is 21.8. The molecule has 0 saturated carbocycles. The fraction of sp³-hybridized carbons (Fsp3) is 0.421. The van der Waals surface area contributed by atoms with Crippen molar-refractivity contribution in [2.45, 2.75) is 13.8 Å². The summed E-state index contributed by atoms with van der Waals surface area (Å²) in [7, 11) is 0. The Kier molecular flexibility index (Phi) is 5.20. The lowest BCUT2D eigenvalue weighted by atomic mass is 10.1. The maximum atomic E-state index is 13.0. The number of rotatable bonds is 5. The number of hydrogen-bond donors (Lipinski definition) is 0. The number of fused-ring (bicyclic) bond motifs is 1. The van der Waals surface area contributed by atoms with Crippen molar-refractivity contribution in [3.8, 4) is 0 Å². The lowest BCUT2D eigenvalue weighted by Gasteiger charge is -2.28. The minimum Gasteiger partial charge on any atom is -0.379 e. The number of benzene rings is 1. The molecule has 0 aliphatic carbocycles. The quantitative estimate of drug-likeness (QED) is 0.671. The van der Waals surface area contributed by atoms with Crippen LogP contribution in [0.15, 0.2) is 28.9 Å². The first-order chi connectivity index (χ1) is 13.1. The lowest BCUT2D eigenvalue weighted by Crippen LogP contribution is -2.43. The Morgan fingerprint density at radius 1 is 1.30 bits per heavy atom. The molecule has 0 bridgehead atoms. The zero-order chi connectivity index (χ0) is 18.8. The van der Waals surface area contributed by atoms with Crippen LogP contribution in [0, 0.1) is 13.8 Å². The van der Waals surface area contributed by atoms with Crippen molar-refractivity contribution < 1.29 is 14.1 Å². The summed E-state index contributed by atoms with van der Waals surface area (Å²) in [6.07, 6.45) is 1.49. The molecule has 27 heavy (non-hydrogen) atoms. The van der Waals surface area contributed by atoms with Crippen LogP contribution < -0.4 is 4.90 Å². The van der Waals surface area contributed by atoms with Crippen molar-refractivity contribution in [1.29, 1.82) is 0 Å². The van der Waals surface area contributed by atoms with Crippen LogP contribution in [0.25, 0.3) is 10.2 Å². The van der Waals surface area contributed by atoms with Gasteiger partial charge in [0, 0.05) is 32.2 Å². The molecule has 1 aromatic carbocycles. The number of aromatic nitrogens is 2. The normalized spacial score (nSPS) is 15.3. The molecule has 0 N–H and O–H groups in total. The van der Waals surface area contributed by atoms with Crippen LogP contribution in [0.5, 0.6) is 0 Å². The van der Waals surface area contributed by atoms with E-state index in [0.717, 1.165) is 48.6 Å². The number of morpholine rings is 1. The molecule has 0 radical (unpaired) electrons. The van der Waals surface area contributed by atoms with Crippen LogP contribution in [0.1, 0.15) is 21.7 Å². The first kappa shape index (κ1) is 18.1. The first-order valence-electron chi connectivity index (χ1n) is 9.02. The molecular weight excluding hydrogens is 364 g/mol. The van der Waals surface area contributed by atoms with Gasteiger partial charge in [-0.1, -0.05) is 22.6 Å². The minimum atomic E-state index is -0.214. The van der Waals surface area contributed by atoms with Gasteiger partial charge in [-0.25, -0.2) is 4.98 Å². The number of carbonyl (C=O) groups excluding carboxylic acids is 1. The van der Waals surface area contributed by atoms with E-state index in [1.54, 1.807) is 11.0 Å². The van der Waals surface area contributed by atoms with Crippen LogP contribution in [0.3, 0.4) is 0 Å². The third kappa shape index (κ3) is 3.87. The van der Waals surface area contributed by atoms with Crippen molar-refractivity contribution in [1.82, 2.24) is 15.0 Å². The third-order valence-corrected chi connectivity index (χ3v) is 5.71. The van der Waals surface area contributed by atoms with E-state index >= 15 is 0 Å². The fourth-order valence-electron chi connectivity index (χ4n) is 3.28. The summed E-state index contributed by atoms with van der Waals surface area (Å²) in [5.74, 6) is 0.0123. The average molecular weight is 386 g/mol. The summed E-state index contributed by atoms with van der Waals surface area (Å²) in [6, 6.07) is 5.82. The van der Waals surface area contributed by atoms with Gasteiger partial charge in [0.2, 0.25) is 5.76 Å². The Bertz CT molecular complexity index is 932. The van der Waals surface area contributed by atoms with Gasteiger partial charge in [-0.05, 0) is 31.0 Å². The number of thiazole rings is 1. The summed E-state index contributed by atoms with van der Waals surface area (Å²) < 4.78 is 11.6. The largest absolute Gasteiger partial charge is 0.379 e. The van der Waals surface area contributed by atoms with Crippen LogP contribution in [-0.4, -0.2) is 60.3 Å². The maximum Gasteiger partial charge on any atom is 0.298 e. The van der Waals surface area contributed by atoms with Gasteiger partial charge in [-0.3, -0.25) is 14.6 Å². The van der Waals surface area contributed by atoms with Gasteiger partial charge in [-0.15, -0.1) is 0 Å². The second-order valence-corrected chi connectivity index (χ2v) is 7.72. The molecule has 1 aliphatic heterocycles. The molecule has 8 heteroatoms. The summed E-state index contributed by atoms with van der Waals surface area (Å²) in [5.41, 5.74) is 3.26. The molecule has 3 aromatic rings. The number of amides is 1. The van der Waals surface area contributed by atoms with Gasteiger partial charge < -0.3 is 9.26 Å². The van der Waals surface area contributed by atoms with Gasteiger partial charge in [0.1, 0.15) is 0 Å². The van der Waals surface area contributed by atoms with Crippen LogP contribution in [-0.2, 0) is 4.74 Å². The predicted molar refractivity (Wildman–Crippen MR) is 105 cm³/mol. The smallest absolute Gasteiger partial charge is 0.298 e. The van der Waals surface area contributed by atoms with Crippen molar-refractivity contribution in [2.75, 3.05) is 44.3 Å². The molecule has 1 saturated heterocycles. The standard InChI is InChI=1S/C19H22N4O3S/c1-13-11-14(2)17-16(12-13)27-19(21-17)23(18(24)15-3-4-20-26-15)6-5-22-7-9-25-10-8-22/h3-4,11-12H,5-10H2,1-2H3. The van der Waals surface area contributed by atoms with Crippen molar-refractivity contribution in [3.63, 3.8) is 0 Å². The number of anilines is 1. The highest BCUT2D eigenvalue weighted by atomic mass is 32.1. The predicted octanol–water partition coefficient (Wildman–Crippen LogP) is 2.88. The number of hydrogen-bond acceptors (Lipinski definition) is 7. The Hall–Kier alpha value is -2.29. The topological polar surface area (TPSA) is 71.7 Å². The van der Waals surface area contributed by atoms with E-state index in [4.69, 9.17) is 14.2 Å². The molecule has 3 heterocycles. The molecule has 4 rings (SSSR count). The molecule has 2 aromatic heterocycles. The molecule has 0 atom stereocenters. The van der Waals surface area contributed by atoms with E-state index in [1.807, 2.05) is 0 Å². The maximum absolute atomic E-state index is 13.0. The van der Waals surface area contributed by atoms with Gasteiger partial charge in [0.15, 0.2) is 5.13 Å². The van der Waals surface area contributed by atoms with Crippen LogP contribution in [0.4, 0.5) is 5.13 Å². The highest BCUT2D eigenvalue weighted by molar-refractivity contribution is 7.22. The molecule has 142 valence electrons. The molecule has 1 aliphatic rings. The summed E-state index contributed by atoms with van der Waals surface area (Å²) >= 11 is 1.53. The van der Waals surface area contributed by atoms with Crippen molar-refractivity contribution in [3.05, 3.63) is 41.3 Å². The highest BCUT2D eigenvalue weighted by Crippen LogP contribution is 2.32. The van der Waals surface area contributed by atoms with E-state index in [1.165, 1.54) is 23.1 Å². The van der Waals surface area contributed by atoms with Crippen LogP contribution >= 0.6 is 11.3 Å². The number of nitrogens with zero attached hydrogens (tertiary/aromatic N) is 4. The van der Waals surface area contributed by atoms with Crippen molar-refractivity contribution >= 4 is 32.6 Å². The van der Waals surface area contributed by atoms with E-state index in [-0.39, 0.29) is 11.7 Å². The Balaban J connectivity index is 1.64. The van der Waals surface area contributed by atoms with Gasteiger partial charge in [0.05, 0.1) is 29.6 Å². The van der Waals surface area contributed by atoms with Gasteiger partial charge in [-0.2, -0.15) is 0 Å². The molecule has 1 amide bonds. The zero-order valence-corrected chi connectivity index (χ0v) is 16.3. The fourth-order valence-corrected chi connectivity index (χ4v) is 4.45. The second kappa shape index (κ2) is 7.75. The molecule has 0 spiro atoms. The Labute approximate surface area is 161 Å². The van der Waals surface area contributed by atoms with Crippen LogP contribution in [0.2, 0.25) is 0 Å².